The number of nitrogens with one attached hydrogen (secondary N) is 1. The quantitative estimate of drug-likeness (QED) is 0.655. The number of anilines is 1. The lowest BCUT2D eigenvalue weighted by Crippen LogP contribution is -2.38. The van der Waals surface area contributed by atoms with E-state index in [-0.39, 0.29) is 18.0 Å². The van der Waals surface area contributed by atoms with Crippen LogP contribution in [-0.4, -0.2) is 45.4 Å². The molecule has 0 radical (unpaired) electrons. The number of carbonyl (C=O) groups is 1. The van der Waals surface area contributed by atoms with E-state index in [1.165, 1.54) is 23.5 Å². The van der Waals surface area contributed by atoms with Gasteiger partial charge in [-0.15, -0.1) is 0 Å². The molecule has 0 aliphatic carbocycles. The van der Waals surface area contributed by atoms with Crippen molar-refractivity contribution in [1.82, 2.24) is 4.31 Å². The molecule has 2 aromatic rings. The van der Waals surface area contributed by atoms with Gasteiger partial charge in [0.25, 0.3) is 0 Å². The van der Waals surface area contributed by atoms with Gasteiger partial charge in [-0.25, -0.2) is 8.42 Å². The third-order valence-electron chi connectivity index (χ3n) is 3.95. The summed E-state index contributed by atoms with van der Waals surface area (Å²) in [4.78, 5) is 12.6. The van der Waals surface area contributed by atoms with Crippen LogP contribution < -0.4 is 14.8 Å². The van der Waals surface area contributed by atoms with Crippen LogP contribution in [0.4, 0.5) is 5.69 Å². The second kappa shape index (κ2) is 10.1. The van der Waals surface area contributed by atoms with Crippen LogP contribution in [0.15, 0.2) is 53.4 Å². The van der Waals surface area contributed by atoms with E-state index in [4.69, 9.17) is 9.47 Å². The number of nitrogens with zero attached hydrogens (tertiary/aromatic N) is 1. The van der Waals surface area contributed by atoms with Gasteiger partial charge in [-0.3, -0.25) is 4.79 Å². The minimum atomic E-state index is -3.81. The molecule has 8 heteroatoms. The number of amides is 1. The van der Waals surface area contributed by atoms with Crippen LogP contribution in [0.2, 0.25) is 0 Å². The first-order valence-electron chi connectivity index (χ1n) is 9.08. The number of rotatable bonds is 10. The highest BCUT2D eigenvalue weighted by molar-refractivity contribution is 7.89. The number of para-hydroxylation sites is 2. The highest BCUT2D eigenvalue weighted by Gasteiger charge is 2.26. The number of carbonyl (C=O) groups excluding carboxylic acids is 1. The van der Waals surface area contributed by atoms with Crippen molar-refractivity contribution < 1.29 is 22.7 Å². The van der Waals surface area contributed by atoms with Gasteiger partial charge in [0.1, 0.15) is 11.5 Å². The Kier molecular flexibility index (Phi) is 7.83. The summed E-state index contributed by atoms with van der Waals surface area (Å²) in [7, 11) is -2.31. The van der Waals surface area contributed by atoms with E-state index in [0.29, 0.717) is 30.2 Å². The van der Waals surface area contributed by atoms with Crippen LogP contribution in [0, 0.1) is 0 Å². The molecular formula is C20H26N2O5S. The number of sulfonamides is 1. The fourth-order valence-corrected chi connectivity index (χ4v) is 4.14. The number of hydrogen-bond acceptors (Lipinski definition) is 5. The summed E-state index contributed by atoms with van der Waals surface area (Å²) < 4.78 is 37.7. The maximum atomic E-state index is 13.0. The predicted molar refractivity (Wildman–Crippen MR) is 108 cm³/mol. The molecule has 7 nitrogen and oxygen atoms in total. The molecule has 28 heavy (non-hydrogen) atoms. The SMILES string of the molecule is CCCN(CC(=O)Nc1ccccc1OC)S(=O)(=O)c1ccc(OCC)cc1. The number of methoxy groups -OCH3 is 1. The molecule has 0 bridgehead atoms. The molecule has 0 saturated heterocycles. The zero-order valence-corrected chi connectivity index (χ0v) is 17.2. The summed E-state index contributed by atoms with van der Waals surface area (Å²) in [6, 6.07) is 13.2. The van der Waals surface area contributed by atoms with Crippen molar-refractivity contribution in [3.05, 3.63) is 48.5 Å². The molecule has 0 aliphatic heterocycles. The number of hydrogen-bond donors (Lipinski definition) is 1. The molecule has 1 N–H and O–H groups in total. The van der Waals surface area contributed by atoms with E-state index in [1.54, 1.807) is 36.4 Å². The minimum absolute atomic E-state index is 0.120. The van der Waals surface area contributed by atoms with Gasteiger partial charge in [-0.1, -0.05) is 19.1 Å². The average molecular weight is 407 g/mol. The summed E-state index contributed by atoms with van der Waals surface area (Å²) in [6.45, 7) is 4.15. The Balaban J connectivity index is 2.17. The molecule has 2 rings (SSSR count). The van der Waals surface area contributed by atoms with E-state index in [9.17, 15) is 13.2 Å². The standard InChI is InChI=1S/C20H26N2O5S/c1-4-14-22(15-20(23)21-18-8-6-7-9-19(18)26-3)28(24,25)17-12-10-16(11-13-17)27-5-2/h6-13H,4-5,14-15H2,1-3H3,(H,21,23). The van der Waals surface area contributed by atoms with E-state index in [2.05, 4.69) is 5.32 Å². The number of benzene rings is 2. The smallest absolute Gasteiger partial charge is 0.243 e. The molecule has 0 atom stereocenters. The molecule has 0 aliphatic rings. The molecule has 0 heterocycles. The van der Waals surface area contributed by atoms with Crippen molar-refractivity contribution >= 4 is 21.6 Å². The molecule has 0 aromatic heterocycles. The van der Waals surface area contributed by atoms with E-state index >= 15 is 0 Å². The normalized spacial score (nSPS) is 11.3. The van der Waals surface area contributed by atoms with Crippen LogP contribution in [-0.2, 0) is 14.8 Å². The van der Waals surface area contributed by atoms with Crippen LogP contribution in [0.1, 0.15) is 20.3 Å². The third-order valence-corrected chi connectivity index (χ3v) is 5.81. The van der Waals surface area contributed by atoms with Crippen molar-refractivity contribution in [3.63, 3.8) is 0 Å². The molecule has 0 unspecified atom stereocenters. The second-order valence-electron chi connectivity index (χ2n) is 5.99. The lowest BCUT2D eigenvalue weighted by Gasteiger charge is -2.21. The molecule has 2 aromatic carbocycles. The first-order chi connectivity index (χ1) is 13.4. The van der Waals surface area contributed by atoms with Crippen molar-refractivity contribution in [1.29, 1.82) is 0 Å². The van der Waals surface area contributed by atoms with Gasteiger partial charge in [-0.2, -0.15) is 4.31 Å². The molecular weight excluding hydrogens is 380 g/mol. The fraction of sp³-hybridized carbons (Fsp3) is 0.350. The van der Waals surface area contributed by atoms with E-state index in [0.717, 1.165) is 0 Å². The van der Waals surface area contributed by atoms with Gasteiger partial charge < -0.3 is 14.8 Å². The Labute approximate surface area is 166 Å². The molecule has 0 saturated carbocycles. The van der Waals surface area contributed by atoms with Gasteiger partial charge in [-0.05, 0) is 49.7 Å². The van der Waals surface area contributed by atoms with Crippen molar-refractivity contribution in [2.45, 2.75) is 25.2 Å². The van der Waals surface area contributed by atoms with Crippen LogP contribution in [0.25, 0.3) is 0 Å². The van der Waals surface area contributed by atoms with Gasteiger partial charge in [0.05, 0.1) is 30.8 Å². The van der Waals surface area contributed by atoms with E-state index < -0.39 is 15.9 Å². The topological polar surface area (TPSA) is 84.9 Å². The zero-order chi connectivity index (χ0) is 20.6. The van der Waals surface area contributed by atoms with Crippen LogP contribution in [0.3, 0.4) is 0 Å². The molecule has 152 valence electrons. The maximum Gasteiger partial charge on any atom is 0.243 e. The summed E-state index contributed by atoms with van der Waals surface area (Å²) in [6.07, 6.45) is 0.582. The lowest BCUT2D eigenvalue weighted by molar-refractivity contribution is -0.116. The summed E-state index contributed by atoms with van der Waals surface area (Å²) in [5.41, 5.74) is 0.491. The highest BCUT2D eigenvalue weighted by Crippen LogP contribution is 2.24. The first kappa shape index (κ1) is 21.7. The third kappa shape index (κ3) is 5.46. The van der Waals surface area contributed by atoms with Gasteiger partial charge in [0.2, 0.25) is 15.9 Å². The zero-order valence-electron chi connectivity index (χ0n) is 16.3. The molecule has 0 spiro atoms. The van der Waals surface area contributed by atoms with E-state index in [1.807, 2.05) is 13.8 Å². The predicted octanol–water partition coefficient (Wildman–Crippen LogP) is 3.13. The summed E-state index contributed by atoms with van der Waals surface area (Å²) >= 11 is 0. The second-order valence-corrected chi connectivity index (χ2v) is 7.93. The minimum Gasteiger partial charge on any atom is -0.495 e. The number of ether oxygens (including phenoxy) is 2. The van der Waals surface area contributed by atoms with Gasteiger partial charge >= 0.3 is 0 Å². The average Bonchev–Trinajstić information content (AvgIpc) is 2.68. The lowest BCUT2D eigenvalue weighted by atomic mass is 10.3. The first-order valence-corrected chi connectivity index (χ1v) is 10.5. The van der Waals surface area contributed by atoms with Crippen molar-refractivity contribution in [2.75, 3.05) is 32.1 Å². The summed E-state index contributed by atoms with van der Waals surface area (Å²) in [5.74, 6) is 0.664. The summed E-state index contributed by atoms with van der Waals surface area (Å²) in [5, 5.41) is 2.71. The Morgan fingerprint density at radius 1 is 1.07 bits per heavy atom. The van der Waals surface area contributed by atoms with Crippen LogP contribution >= 0.6 is 0 Å². The Bertz CT molecular complexity index is 882. The Morgan fingerprint density at radius 3 is 2.36 bits per heavy atom. The van der Waals surface area contributed by atoms with Crippen molar-refractivity contribution in [3.8, 4) is 11.5 Å². The fourth-order valence-electron chi connectivity index (χ4n) is 2.66. The van der Waals surface area contributed by atoms with Gasteiger partial charge in [0, 0.05) is 6.54 Å². The molecule has 0 fully saturated rings. The maximum absolute atomic E-state index is 13.0. The highest BCUT2D eigenvalue weighted by atomic mass is 32.2. The van der Waals surface area contributed by atoms with Crippen LogP contribution in [0.5, 0.6) is 11.5 Å². The largest absolute Gasteiger partial charge is 0.495 e. The Morgan fingerprint density at radius 2 is 1.75 bits per heavy atom. The molecule has 1 amide bonds. The Hall–Kier alpha value is -2.58. The monoisotopic (exact) mass is 406 g/mol. The van der Waals surface area contributed by atoms with Gasteiger partial charge in [0.15, 0.2) is 0 Å². The van der Waals surface area contributed by atoms with Crippen molar-refractivity contribution in [2.24, 2.45) is 0 Å².